The SMILES string of the molecule is O=C(O)CCc1ccc(Oc2cccc3c4nc5nc(nc6[nH]c(nc7nc(nc([nH]4)c23)-c2ccccc2-7)c2ccccc62)-c2ccccc2-5)cc1.[Zn]. The average Bonchev–Trinajstić information content (AvgIpc) is 3.91. The molecule has 3 N–H and O–H groups in total. The topological polar surface area (TPSA) is 155 Å². The summed E-state index contributed by atoms with van der Waals surface area (Å²) >= 11 is 0. The Morgan fingerprint density at radius 1 is 0.528 bits per heavy atom. The first-order valence-electron chi connectivity index (χ1n) is 16.8. The van der Waals surface area contributed by atoms with Crippen molar-refractivity contribution in [3.8, 4) is 57.1 Å². The molecule has 8 aromatic rings. The van der Waals surface area contributed by atoms with E-state index in [2.05, 4.69) is 9.97 Å². The van der Waals surface area contributed by atoms with Gasteiger partial charge in [0, 0.05) is 64.3 Å². The molecule has 0 atom stereocenters. The van der Waals surface area contributed by atoms with Crippen LogP contribution in [-0.4, -0.2) is 50.9 Å². The third-order valence-electron chi connectivity index (χ3n) is 9.32. The summed E-state index contributed by atoms with van der Waals surface area (Å²) in [5, 5.41) is 12.4. The molecule has 10 rings (SSSR count). The standard InChI is InChI=1S/C41H26N8O3.Zn/c50-32(51)21-18-22-16-19-23(20-17-22)52-31-15-7-14-30-33(31)41-48-39-29-13-6-5-12-28(29)37(46-39)44-35-25-9-2-1-8-24(25)34(42-35)43-36-26-10-3-4-11-27(26)38(45-36)47-40(30)49-41;/h1-17,19-20H,18,21H2,(H,50,51)(H2,42,43,44,45,46,47,48,49);. The van der Waals surface area contributed by atoms with Crippen LogP contribution in [0.25, 0.3) is 89.7 Å². The number of nitrogens with one attached hydrogen (secondary N) is 2. The molecule has 0 radical (unpaired) electrons. The summed E-state index contributed by atoms with van der Waals surface area (Å²) in [5.41, 5.74) is 6.68. The summed E-state index contributed by atoms with van der Waals surface area (Å²) in [6.07, 6.45) is 0.498. The summed E-state index contributed by atoms with van der Waals surface area (Å²) in [6, 6.07) is 37.0. The zero-order chi connectivity index (χ0) is 34.8. The second-order valence-corrected chi connectivity index (χ2v) is 12.6. The van der Waals surface area contributed by atoms with Gasteiger partial charge in [0.1, 0.15) is 34.1 Å². The number of fused-ring (bicyclic) bond motifs is 20. The van der Waals surface area contributed by atoms with Crippen molar-refractivity contribution in [2.45, 2.75) is 12.8 Å². The van der Waals surface area contributed by atoms with Crippen LogP contribution < -0.4 is 4.74 Å². The summed E-state index contributed by atoms with van der Waals surface area (Å²) < 4.78 is 6.49. The molecule has 53 heavy (non-hydrogen) atoms. The van der Waals surface area contributed by atoms with Crippen LogP contribution >= 0.6 is 0 Å². The van der Waals surface area contributed by atoms with Crippen molar-refractivity contribution in [3.63, 3.8) is 0 Å². The molecule has 0 aliphatic carbocycles. The Hall–Kier alpha value is -6.65. The molecular weight excluding hydrogens is 718 g/mol. The Bertz CT molecular complexity index is 2930. The van der Waals surface area contributed by atoms with E-state index in [1.54, 1.807) is 0 Å². The Morgan fingerprint density at radius 3 is 1.51 bits per heavy atom. The molecule has 0 spiro atoms. The van der Waals surface area contributed by atoms with Gasteiger partial charge in [0.15, 0.2) is 23.3 Å². The van der Waals surface area contributed by atoms with Gasteiger partial charge in [0.2, 0.25) is 0 Å². The van der Waals surface area contributed by atoms with Crippen LogP contribution in [0.4, 0.5) is 0 Å². The van der Waals surface area contributed by atoms with Crippen molar-refractivity contribution in [2.24, 2.45) is 0 Å². The molecule has 0 amide bonds. The molecule has 250 valence electrons. The number of aromatic amines is 2. The molecule has 2 aliphatic rings. The number of carboxylic acids is 1. The van der Waals surface area contributed by atoms with Crippen LogP contribution in [0.2, 0.25) is 0 Å². The van der Waals surface area contributed by atoms with Gasteiger partial charge in [-0.2, -0.15) is 0 Å². The van der Waals surface area contributed by atoms with Crippen molar-refractivity contribution in [3.05, 3.63) is 121 Å². The van der Waals surface area contributed by atoms with Gasteiger partial charge in [-0.05, 0) is 30.2 Å². The Kier molecular flexibility index (Phi) is 7.82. The summed E-state index contributed by atoms with van der Waals surface area (Å²) in [6.45, 7) is 0. The summed E-state index contributed by atoms with van der Waals surface area (Å²) in [5.74, 6) is 2.40. The number of aryl methyl sites for hydroxylation is 1. The number of hydrogen-bond donors (Lipinski definition) is 3. The maximum Gasteiger partial charge on any atom is 0.303 e. The molecule has 12 heteroatoms. The zero-order valence-corrected chi connectivity index (χ0v) is 31.0. The Morgan fingerprint density at radius 2 is 0.981 bits per heavy atom. The van der Waals surface area contributed by atoms with E-state index in [1.165, 1.54) is 0 Å². The molecule has 5 heterocycles. The fraction of sp³-hybridized carbons (Fsp3) is 0.0488. The molecule has 0 saturated carbocycles. The largest absolute Gasteiger partial charge is 0.481 e. The third-order valence-corrected chi connectivity index (χ3v) is 9.32. The van der Waals surface area contributed by atoms with E-state index in [9.17, 15) is 4.79 Å². The number of carboxylic acid groups (broad SMARTS) is 1. The number of hydrogen-bond acceptors (Lipinski definition) is 8. The molecule has 11 nitrogen and oxygen atoms in total. The Balaban J connectivity index is 0.00000372. The monoisotopic (exact) mass is 742 g/mol. The predicted molar refractivity (Wildman–Crippen MR) is 199 cm³/mol. The summed E-state index contributed by atoms with van der Waals surface area (Å²) in [7, 11) is 0. The molecule has 0 unspecified atom stereocenters. The number of aromatic nitrogens is 8. The summed E-state index contributed by atoms with van der Waals surface area (Å²) in [4.78, 5) is 48.3. The van der Waals surface area contributed by atoms with Crippen LogP contribution in [0.1, 0.15) is 12.0 Å². The molecular formula is C41H26N8O3Zn. The number of aliphatic carboxylic acids is 1. The van der Waals surface area contributed by atoms with E-state index in [0.717, 1.165) is 44.0 Å². The van der Waals surface area contributed by atoms with E-state index in [4.69, 9.17) is 39.7 Å². The van der Waals surface area contributed by atoms with E-state index in [1.807, 2.05) is 115 Å². The molecule has 0 saturated heterocycles. The quantitative estimate of drug-likeness (QED) is 0.147. The minimum Gasteiger partial charge on any atom is -0.481 e. The van der Waals surface area contributed by atoms with Gasteiger partial charge in [0.25, 0.3) is 0 Å². The second-order valence-electron chi connectivity index (χ2n) is 12.6. The van der Waals surface area contributed by atoms with Crippen LogP contribution in [0.15, 0.2) is 115 Å². The van der Waals surface area contributed by atoms with Crippen molar-refractivity contribution in [1.29, 1.82) is 0 Å². The number of rotatable bonds is 5. The van der Waals surface area contributed by atoms with Gasteiger partial charge >= 0.3 is 5.97 Å². The van der Waals surface area contributed by atoms with E-state index >= 15 is 0 Å². The van der Waals surface area contributed by atoms with Crippen molar-refractivity contribution < 1.29 is 34.1 Å². The average molecular weight is 744 g/mol. The van der Waals surface area contributed by atoms with Crippen LogP contribution in [0.5, 0.6) is 11.5 Å². The molecule has 5 aromatic carbocycles. The number of nitrogens with zero attached hydrogens (tertiary/aromatic N) is 6. The third kappa shape index (κ3) is 5.60. The van der Waals surface area contributed by atoms with Gasteiger partial charge < -0.3 is 19.8 Å². The normalized spacial score (nSPS) is 11.5. The van der Waals surface area contributed by atoms with Gasteiger partial charge in [-0.25, -0.2) is 29.9 Å². The van der Waals surface area contributed by atoms with Gasteiger partial charge in [-0.1, -0.05) is 97.1 Å². The number of carbonyl (C=O) groups is 1. The van der Waals surface area contributed by atoms with E-state index in [-0.39, 0.29) is 25.9 Å². The molecule has 2 aliphatic heterocycles. The molecule has 0 fully saturated rings. The van der Waals surface area contributed by atoms with Gasteiger partial charge in [-0.15, -0.1) is 0 Å². The Labute approximate surface area is 313 Å². The maximum absolute atomic E-state index is 11.1. The number of ether oxygens (including phenoxy) is 1. The van der Waals surface area contributed by atoms with Crippen molar-refractivity contribution in [1.82, 2.24) is 39.9 Å². The minimum atomic E-state index is -0.833. The first-order valence-corrected chi connectivity index (χ1v) is 16.8. The molecule has 3 aromatic heterocycles. The predicted octanol–water partition coefficient (Wildman–Crippen LogP) is 8.68. The first kappa shape index (κ1) is 32.3. The fourth-order valence-corrected chi connectivity index (χ4v) is 6.85. The smallest absolute Gasteiger partial charge is 0.303 e. The van der Waals surface area contributed by atoms with E-state index < -0.39 is 5.97 Å². The maximum atomic E-state index is 11.1. The zero-order valence-electron chi connectivity index (χ0n) is 28.0. The second kappa shape index (κ2) is 12.8. The minimum absolute atomic E-state index is 0. The fourth-order valence-electron chi connectivity index (χ4n) is 6.85. The van der Waals surface area contributed by atoms with Gasteiger partial charge in [0.05, 0.1) is 5.39 Å². The number of H-pyrrole nitrogens is 2. The first-order chi connectivity index (χ1) is 25.6. The van der Waals surface area contributed by atoms with Crippen LogP contribution in [-0.2, 0) is 30.7 Å². The van der Waals surface area contributed by atoms with Crippen LogP contribution in [0, 0.1) is 0 Å². The van der Waals surface area contributed by atoms with Crippen molar-refractivity contribution in [2.75, 3.05) is 0 Å². The molecule has 8 bridgehead atoms. The van der Waals surface area contributed by atoms with E-state index in [0.29, 0.717) is 69.2 Å². The van der Waals surface area contributed by atoms with Crippen LogP contribution in [0.3, 0.4) is 0 Å². The van der Waals surface area contributed by atoms with Gasteiger partial charge in [-0.3, -0.25) is 4.79 Å². The number of benzene rings is 5. The van der Waals surface area contributed by atoms with Crippen molar-refractivity contribution >= 4 is 50.1 Å².